The number of sulfonamides is 1. The fraction of sp³-hybridized carbons (Fsp3) is 0.667. The number of amides is 1. The minimum atomic E-state index is -3.20. The summed E-state index contributed by atoms with van der Waals surface area (Å²) in [6.45, 7) is 2.91. The van der Waals surface area contributed by atoms with Gasteiger partial charge in [-0.1, -0.05) is 0 Å². The van der Waals surface area contributed by atoms with Gasteiger partial charge in [0.15, 0.2) is 0 Å². The predicted octanol–water partition coefficient (Wildman–Crippen LogP) is 0.821. The Hall–Kier alpha value is -0.990. The van der Waals surface area contributed by atoms with Gasteiger partial charge in [-0.3, -0.25) is 4.79 Å². The molecule has 1 saturated heterocycles. The van der Waals surface area contributed by atoms with Crippen molar-refractivity contribution >= 4 is 27.5 Å². The highest BCUT2D eigenvalue weighted by molar-refractivity contribution is 7.89. The van der Waals surface area contributed by atoms with E-state index in [0.29, 0.717) is 19.6 Å². The molecule has 1 aliphatic rings. The number of rotatable bonds is 5. The monoisotopic (exact) mass is 317 g/mol. The normalized spacial score (nSPS) is 20.8. The van der Waals surface area contributed by atoms with Crippen molar-refractivity contribution in [3.63, 3.8) is 0 Å². The van der Waals surface area contributed by atoms with Crippen LogP contribution in [0.5, 0.6) is 0 Å². The summed E-state index contributed by atoms with van der Waals surface area (Å²) in [5.74, 6) is -0.241. The van der Waals surface area contributed by atoms with E-state index in [1.165, 1.54) is 15.8 Å². The van der Waals surface area contributed by atoms with E-state index in [0.717, 1.165) is 17.7 Å². The maximum Gasteiger partial charge on any atom is 0.224 e. The van der Waals surface area contributed by atoms with E-state index >= 15 is 0 Å². The molecular formula is C12H19N3O3S2. The fourth-order valence-corrected chi connectivity index (χ4v) is 3.94. The van der Waals surface area contributed by atoms with Crippen LogP contribution in [0.4, 0.5) is 0 Å². The highest BCUT2D eigenvalue weighted by Gasteiger charge is 2.31. The van der Waals surface area contributed by atoms with Crippen LogP contribution in [0.15, 0.2) is 12.3 Å². The van der Waals surface area contributed by atoms with E-state index in [1.807, 2.05) is 6.07 Å². The van der Waals surface area contributed by atoms with Gasteiger partial charge in [-0.15, -0.1) is 0 Å². The van der Waals surface area contributed by atoms with Crippen LogP contribution >= 0.6 is 11.5 Å². The van der Waals surface area contributed by atoms with Crippen LogP contribution in [0, 0.1) is 5.92 Å². The largest absolute Gasteiger partial charge is 0.351 e. The Morgan fingerprint density at radius 1 is 1.60 bits per heavy atom. The number of nitrogens with zero attached hydrogens (tertiary/aromatic N) is 2. The van der Waals surface area contributed by atoms with Gasteiger partial charge < -0.3 is 5.32 Å². The highest BCUT2D eigenvalue weighted by Crippen LogP contribution is 2.19. The fourth-order valence-electron chi connectivity index (χ4n) is 2.24. The zero-order chi connectivity index (χ0) is 14.6. The summed E-state index contributed by atoms with van der Waals surface area (Å²) in [6.07, 6.45) is 3.17. The van der Waals surface area contributed by atoms with Crippen LogP contribution in [-0.4, -0.2) is 41.8 Å². The Balaban J connectivity index is 1.90. The maximum absolute atomic E-state index is 12.1. The minimum Gasteiger partial charge on any atom is -0.351 e. The average Bonchev–Trinajstić information content (AvgIpc) is 2.98. The van der Waals surface area contributed by atoms with Crippen molar-refractivity contribution in [2.45, 2.75) is 26.3 Å². The topological polar surface area (TPSA) is 79.4 Å². The molecule has 1 amide bonds. The van der Waals surface area contributed by atoms with Gasteiger partial charge in [0.1, 0.15) is 0 Å². The lowest BCUT2D eigenvalue weighted by molar-refractivity contribution is -0.126. The molecule has 112 valence electrons. The Bertz CT molecular complexity index is 542. The van der Waals surface area contributed by atoms with Gasteiger partial charge in [0.2, 0.25) is 15.9 Å². The molecule has 6 nitrogen and oxygen atoms in total. The molecule has 1 aliphatic heterocycles. The second kappa shape index (κ2) is 6.64. The molecule has 0 spiro atoms. The summed E-state index contributed by atoms with van der Waals surface area (Å²) in [5, 5.41) is 2.85. The second-order valence-electron chi connectivity index (χ2n) is 4.79. The van der Waals surface area contributed by atoms with Crippen LogP contribution in [0.2, 0.25) is 0 Å². The van der Waals surface area contributed by atoms with Crippen molar-refractivity contribution in [2.75, 3.05) is 18.8 Å². The van der Waals surface area contributed by atoms with E-state index in [9.17, 15) is 13.2 Å². The minimum absolute atomic E-state index is 0.0746. The summed E-state index contributed by atoms with van der Waals surface area (Å²) in [7, 11) is -3.20. The summed E-state index contributed by atoms with van der Waals surface area (Å²) in [5.41, 5.74) is 0. The standard InChI is InChI=1S/C12H19N3O3S2/c1-2-20(17,18)15-7-3-4-10(9-15)12(16)13-8-11-5-6-14-19-11/h5-6,10H,2-4,7-9H2,1H3,(H,13,16). The molecule has 0 aromatic carbocycles. The molecule has 0 bridgehead atoms. The van der Waals surface area contributed by atoms with Crippen molar-refractivity contribution in [2.24, 2.45) is 5.92 Å². The molecule has 1 aromatic heterocycles. The molecule has 1 unspecified atom stereocenters. The lowest BCUT2D eigenvalue weighted by Crippen LogP contribution is -2.45. The number of carbonyl (C=O) groups is 1. The zero-order valence-electron chi connectivity index (χ0n) is 11.4. The number of nitrogens with one attached hydrogen (secondary N) is 1. The quantitative estimate of drug-likeness (QED) is 0.872. The van der Waals surface area contributed by atoms with E-state index < -0.39 is 10.0 Å². The first-order valence-corrected chi connectivity index (χ1v) is 9.06. The molecule has 1 N–H and O–H groups in total. The smallest absolute Gasteiger partial charge is 0.224 e. The first kappa shape index (κ1) is 15.4. The third kappa shape index (κ3) is 3.77. The van der Waals surface area contributed by atoms with Crippen molar-refractivity contribution in [3.8, 4) is 0 Å². The molecule has 1 aromatic rings. The molecular weight excluding hydrogens is 298 g/mol. The molecule has 0 radical (unpaired) electrons. The molecule has 2 rings (SSSR count). The summed E-state index contributed by atoms with van der Waals surface area (Å²) in [6, 6.07) is 1.86. The number of hydrogen-bond donors (Lipinski definition) is 1. The van der Waals surface area contributed by atoms with Crippen LogP contribution in [0.3, 0.4) is 0 Å². The lowest BCUT2D eigenvalue weighted by atomic mass is 9.99. The van der Waals surface area contributed by atoms with Crippen LogP contribution in [-0.2, 0) is 21.4 Å². The van der Waals surface area contributed by atoms with Gasteiger partial charge in [-0.2, -0.15) is 0 Å². The van der Waals surface area contributed by atoms with Gasteiger partial charge in [0.05, 0.1) is 18.2 Å². The van der Waals surface area contributed by atoms with Gasteiger partial charge in [0.25, 0.3) is 0 Å². The second-order valence-corrected chi connectivity index (χ2v) is 7.97. The lowest BCUT2D eigenvalue weighted by Gasteiger charge is -2.30. The third-order valence-electron chi connectivity index (χ3n) is 3.44. The zero-order valence-corrected chi connectivity index (χ0v) is 13.0. The molecule has 1 fully saturated rings. The average molecular weight is 317 g/mol. The predicted molar refractivity (Wildman–Crippen MR) is 77.7 cm³/mol. The Kier molecular flexibility index (Phi) is 5.11. The Morgan fingerprint density at radius 3 is 3.05 bits per heavy atom. The van der Waals surface area contributed by atoms with Crippen molar-refractivity contribution in [1.82, 2.24) is 14.0 Å². The van der Waals surface area contributed by atoms with Crippen LogP contribution < -0.4 is 5.32 Å². The number of hydrogen-bond acceptors (Lipinski definition) is 5. The molecule has 2 heterocycles. The number of carbonyl (C=O) groups excluding carboxylic acids is 1. The van der Waals surface area contributed by atoms with E-state index in [2.05, 4.69) is 9.69 Å². The first-order chi connectivity index (χ1) is 9.53. The molecule has 8 heteroatoms. The SMILES string of the molecule is CCS(=O)(=O)N1CCCC(C(=O)NCc2ccns2)C1. The highest BCUT2D eigenvalue weighted by atomic mass is 32.2. The summed E-state index contributed by atoms with van der Waals surface area (Å²) < 4.78 is 29.1. The first-order valence-electron chi connectivity index (χ1n) is 6.68. The van der Waals surface area contributed by atoms with Crippen LogP contribution in [0.25, 0.3) is 0 Å². The third-order valence-corrected chi connectivity index (χ3v) is 6.03. The number of piperidine rings is 1. The molecule has 1 atom stereocenters. The van der Waals surface area contributed by atoms with E-state index in [1.54, 1.807) is 13.1 Å². The van der Waals surface area contributed by atoms with Crippen molar-refractivity contribution < 1.29 is 13.2 Å². The van der Waals surface area contributed by atoms with Crippen LogP contribution in [0.1, 0.15) is 24.6 Å². The van der Waals surface area contributed by atoms with E-state index in [4.69, 9.17) is 0 Å². The van der Waals surface area contributed by atoms with E-state index in [-0.39, 0.29) is 17.6 Å². The van der Waals surface area contributed by atoms with Gasteiger partial charge in [0, 0.05) is 24.2 Å². The van der Waals surface area contributed by atoms with Gasteiger partial charge in [-0.25, -0.2) is 17.1 Å². The van der Waals surface area contributed by atoms with Crippen molar-refractivity contribution in [1.29, 1.82) is 0 Å². The van der Waals surface area contributed by atoms with Gasteiger partial charge in [-0.05, 0) is 37.4 Å². The number of aromatic nitrogens is 1. The Morgan fingerprint density at radius 2 is 2.40 bits per heavy atom. The molecule has 0 aliphatic carbocycles. The maximum atomic E-state index is 12.1. The Labute approximate surface area is 123 Å². The van der Waals surface area contributed by atoms with Crippen molar-refractivity contribution in [3.05, 3.63) is 17.1 Å². The molecule has 20 heavy (non-hydrogen) atoms. The summed E-state index contributed by atoms with van der Waals surface area (Å²) in [4.78, 5) is 13.1. The summed E-state index contributed by atoms with van der Waals surface area (Å²) >= 11 is 1.35. The molecule has 0 saturated carbocycles. The van der Waals surface area contributed by atoms with Gasteiger partial charge >= 0.3 is 0 Å².